The molecule has 0 atom stereocenters. The van der Waals surface area contributed by atoms with Crippen molar-refractivity contribution in [2.24, 2.45) is 0 Å². The Labute approximate surface area is 122 Å². The van der Waals surface area contributed by atoms with E-state index in [9.17, 15) is 0 Å². The number of nitrogens with zero attached hydrogens (tertiary/aromatic N) is 2. The third-order valence-electron chi connectivity index (χ3n) is 3.28. The number of hydrogen-bond acceptors (Lipinski definition) is 2. The SMILES string of the molecule is OCCCn1c(-c2ccccc2)nc2cc(Cl)ccc21. The maximum absolute atomic E-state index is 9.09. The van der Waals surface area contributed by atoms with Gasteiger partial charge in [0.2, 0.25) is 0 Å². The van der Waals surface area contributed by atoms with Gasteiger partial charge < -0.3 is 9.67 Å². The summed E-state index contributed by atoms with van der Waals surface area (Å²) in [6.07, 6.45) is 0.702. The highest BCUT2D eigenvalue weighted by molar-refractivity contribution is 6.31. The first kappa shape index (κ1) is 13.2. The van der Waals surface area contributed by atoms with E-state index in [1.807, 2.05) is 48.5 Å². The highest BCUT2D eigenvalue weighted by Crippen LogP contribution is 2.26. The minimum absolute atomic E-state index is 0.168. The minimum atomic E-state index is 0.168. The van der Waals surface area contributed by atoms with E-state index in [1.165, 1.54) is 0 Å². The van der Waals surface area contributed by atoms with Crippen molar-refractivity contribution in [2.75, 3.05) is 6.61 Å². The number of aliphatic hydroxyl groups is 1. The topological polar surface area (TPSA) is 38.0 Å². The molecule has 0 aliphatic heterocycles. The van der Waals surface area contributed by atoms with Crippen LogP contribution in [-0.4, -0.2) is 21.3 Å². The third kappa shape index (κ3) is 2.42. The van der Waals surface area contributed by atoms with Gasteiger partial charge in [-0.3, -0.25) is 0 Å². The Kier molecular flexibility index (Phi) is 3.72. The summed E-state index contributed by atoms with van der Waals surface area (Å²) in [4.78, 5) is 4.69. The van der Waals surface area contributed by atoms with Crippen LogP contribution in [0, 0.1) is 0 Å². The fourth-order valence-corrected chi connectivity index (χ4v) is 2.53. The Bertz CT molecular complexity index is 722. The first-order valence-electron chi connectivity index (χ1n) is 6.61. The Morgan fingerprint density at radius 2 is 1.90 bits per heavy atom. The second kappa shape index (κ2) is 5.65. The summed E-state index contributed by atoms with van der Waals surface area (Å²) in [7, 11) is 0. The van der Waals surface area contributed by atoms with Crippen molar-refractivity contribution in [3.63, 3.8) is 0 Å². The molecule has 0 unspecified atom stereocenters. The van der Waals surface area contributed by atoms with Gasteiger partial charge in [-0.05, 0) is 24.6 Å². The van der Waals surface area contributed by atoms with Crippen molar-refractivity contribution in [3.8, 4) is 11.4 Å². The number of benzene rings is 2. The van der Waals surface area contributed by atoms with Gasteiger partial charge in [-0.1, -0.05) is 41.9 Å². The van der Waals surface area contributed by atoms with Crippen LogP contribution in [0.3, 0.4) is 0 Å². The number of aliphatic hydroxyl groups excluding tert-OH is 1. The zero-order valence-electron chi connectivity index (χ0n) is 11.0. The summed E-state index contributed by atoms with van der Waals surface area (Å²) in [5.41, 5.74) is 2.99. The van der Waals surface area contributed by atoms with Crippen LogP contribution in [-0.2, 0) is 6.54 Å². The Morgan fingerprint density at radius 3 is 2.65 bits per heavy atom. The molecule has 102 valence electrons. The van der Waals surface area contributed by atoms with Crippen LogP contribution in [0.5, 0.6) is 0 Å². The number of halogens is 1. The van der Waals surface area contributed by atoms with Gasteiger partial charge in [-0.2, -0.15) is 0 Å². The molecule has 0 saturated heterocycles. The number of aromatic nitrogens is 2. The first-order chi connectivity index (χ1) is 9.79. The van der Waals surface area contributed by atoms with Gasteiger partial charge in [0, 0.05) is 23.7 Å². The Balaban J connectivity index is 2.19. The zero-order valence-corrected chi connectivity index (χ0v) is 11.7. The lowest BCUT2D eigenvalue weighted by Gasteiger charge is -2.08. The molecule has 20 heavy (non-hydrogen) atoms. The van der Waals surface area contributed by atoms with Gasteiger partial charge in [0.1, 0.15) is 5.82 Å². The van der Waals surface area contributed by atoms with E-state index < -0.39 is 0 Å². The number of fused-ring (bicyclic) bond motifs is 1. The third-order valence-corrected chi connectivity index (χ3v) is 3.52. The van der Waals surface area contributed by atoms with Crippen molar-refractivity contribution < 1.29 is 5.11 Å². The molecule has 0 aliphatic carbocycles. The molecule has 3 nitrogen and oxygen atoms in total. The molecule has 3 rings (SSSR count). The minimum Gasteiger partial charge on any atom is -0.396 e. The summed E-state index contributed by atoms with van der Waals surface area (Å²) in [6.45, 7) is 0.903. The molecule has 0 fully saturated rings. The molecule has 0 spiro atoms. The van der Waals surface area contributed by atoms with Crippen LogP contribution in [0.1, 0.15) is 6.42 Å². The molecule has 0 bridgehead atoms. The van der Waals surface area contributed by atoms with Crippen LogP contribution >= 0.6 is 11.6 Å². The van der Waals surface area contributed by atoms with E-state index in [0.717, 1.165) is 29.0 Å². The lowest BCUT2D eigenvalue weighted by molar-refractivity contribution is 0.281. The molecule has 1 heterocycles. The Morgan fingerprint density at radius 1 is 1.10 bits per heavy atom. The van der Waals surface area contributed by atoms with Crippen LogP contribution in [0.2, 0.25) is 5.02 Å². The summed E-state index contributed by atoms with van der Waals surface area (Å²) in [5, 5.41) is 9.77. The summed E-state index contributed by atoms with van der Waals surface area (Å²) in [5.74, 6) is 0.913. The molecular weight excluding hydrogens is 272 g/mol. The van der Waals surface area contributed by atoms with E-state index in [4.69, 9.17) is 21.7 Å². The number of rotatable bonds is 4. The highest BCUT2D eigenvalue weighted by atomic mass is 35.5. The van der Waals surface area contributed by atoms with Crippen LogP contribution in [0.15, 0.2) is 48.5 Å². The van der Waals surface area contributed by atoms with Crippen molar-refractivity contribution in [3.05, 3.63) is 53.6 Å². The standard InChI is InChI=1S/C16H15ClN2O/c17-13-7-8-15-14(11-13)18-16(19(15)9-4-10-20)12-5-2-1-3-6-12/h1-3,5-8,11,20H,4,9-10H2. The quantitative estimate of drug-likeness (QED) is 0.793. The summed E-state index contributed by atoms with van der Waals surface area (Å²) in [6, 6.07) is 15.8. The lowest BCUT2D eigenvalue weighted by Crippen LogP contribution is -2.02. The maximum Gasteiger partial charge on any atom is 0.141 e. The summed E-state index contributed by atoms with van der Waals surface area (Å²) >= 11 is 6.04. The molecule has 3 aromatic rings. The fourth-order valence-electron chi connectivity index (χ4n) is 2.37. The van der Waals surface area contributed by atoms with Gasteiger partial charge in [0.25, 0.3) is 0 Å². The molecule has 1 aromatic heterocycles. The monoisotopic (exact) mass is 286 g/mol. The van der Waals surface area contributed by atoms with Crippen molar-refractivity contribution >= 4 is 22.6 Å². The molecular formula is C16H15ClN2O. The average molecular weight is 287 g/mol. The van der Waals surface area contributed by atoms with Crippen LogP contribution in [0.25, 0.3) is 22.4 Å². The lowest BCUT2D eigenvalue weighted by atomic mass is 10.2. The fraction of sp³-hybridized carbons (Fsp3) is 0.188. The largest absolute Gasteiger partial charge is 0.396 e. The molecule has 2 aromatic carbocycles. The van der Waals surface area contributed by atoms with Crippen LogP contribution in [0.4, 0.5) is 0 Å². The van der Waals surface area contributed by atoms with E-state index >= 15 is 0 Å². The maximum atomic E-state index is 9.09. The Hall–Kier alpha value is -1.84. The number of hydrogen-bond donors (Lipinski definition) is 1. The second-order valence-corrected chi connectivity index (χ2v) is 5.10. The van der Waals surface area contributed by atoms with E-state index in [1.54, 1.807) is 0 Å². The van der Waals surface area contributed by atoms with Crippen molar-refractivity contribution in [2.45, 2.75) is 13.0 Å². The van der Waals surface area contributed by atoms with E-state index in [2.05, 4.69) is 4.57 Å². The number of imidazole rings is 1. The van der Waals surface area contributed by atoms with Gasteiger partial charge in [-0.25, -0.2) is 4.98 Å². The average Bonchev–Trinajstić information content (AvgIpc) is 2.83. The molecule has 0 radical (unpaired) electrons. The molecule has 0 saturated carbocycles. The van der Waals surface area contributed by atoms with E-state index in [0.29, 0.717) is 11.4 Å². The molecule has 0 aliphatic rings. The predicted molar refractivity (Wildman–Crippen MR) is 81.9 cm³/mol. The van der Waals surface area contributed by atoms with Crippen LogP contribution < -0.4 is 0 Å². The van der Waals surface area contributed by atoms with E-state index in [-0.39, 0.29) is 6.61 Å². The second-order valence-electron chi connectivity index (χ2n) is 4.66. The van der Waals surface area contributed by atoms with Crippen molar-refractivity contribution in [1.82, 2.24) is 9.55 Å². The normalized spacial score (nSPS) is 11.1. The molecule has 4 heteroatoms. The zero-order chi connectivity index (χ0) is 13.9. The molecule has 1 N–H and O–H groups in total. The van der Waals surface area contributed by atoms with Gasteiger partial charge in [0.05, 0.1) is 11.0 Å². The predicted octanol–water partition coefficient (Wildman–Crippen LogP) is 3.74. The first-order valence-corrected chi connectivity index (χ1v) is 6.99. The van der Waals surface area contributed by atoms with Gasteiger partial charge >= 0.3 is 0 Å². The smallest absolute Gasteiger partial charge is 0.141 e. The highest BCUT2D eigenvalue weighted by Gasteiger charge is 2.12. The number of aryl methyl sites for hydroxylation is 1. The molecule has 0 amide bonds. The summed E-state index contributed by atoms with van der Waals surface area (Å²) < 4.78 is 2.14. The van der Waals surface area contributed by atoms with Crippen molar-refractivity contribution in [1.29, 1.82) is 0 Å². The van der Waals surface area contributed by atoms with Gasteiger partial charge in [-0.15, -0.1) is 0 Å². The van der Waals surface area contributed by atoms with Gasteiger partial charge in [0.15, 0.2) is 0 Å².